The molecule has 0 unspecified atom stereocenters. The van der Waals surface area contributed by atoms with Crippen LogP contribution in [-0.4, -0.2) is 62.7 Å². The molecular formula is C24H31Cl2FN4O4S. The van der Waals surface area contributed by atoms with Crippen LogP contribution in [0.15, 0.2) is 42.5 Å². The minimum Gasteiger partial charge on any atom is -0.354 e. The van der Waals surface area contributed by atoms with E-state index >= 15 is 0 Å². The first-order chi connectivity index (χ1) is 16.7. The van der Waals surface area contributed by atoms with Crippen molar-refractivity contribution >= 4 is 50.9 Å². The smallest absolute Gasteiger partial charge is 0.304 e. The summed E-state index contributed by atoms with van der Waals surface area (Å²) in [6, 6.07) is 8.62. The molecule has 12 heteroatoms. The number of carbonyl (C=O) groups excluding carboxylic acids is 2. The molecule has 2 amide bonds. The van der Waals surface area contributed by atoms with Crippen LogP contribution in [0.1, 0.15) is 26.3 Å². The van der Waals surface area contributed by atoms with E-state index in [4.69, 9.17) is 23.2 Å². The topological polar surface area (TPSA) is 90.0 Å². The first-order valence-corrected chi connectivity index (χ1v) is 13.4. The Balaban J connectivity index is 2.48. The number of rotatable bonds is 11. The fraction of sp³-hybridized carbons (Fsp3) is 0.417. The highest BCUT2D eigenvalue weighted by Crippen LogP contribution is 2.27. The lowest BCUT2D eigenvalue weighted by atomic mass is 10.1. The van der Waals surface area contributed by atoms with Gasteiger partial charge in [0.15, 0.2) is 0 Å². The van der Waals surface area contributed by atoms with Crippen LogP contribution in [-0.2, 0) is 26.3 Å². The molecule has 0 saturated heterocycles. The average Bonchev–Trinajstić information content (AvgIpc) is 2.80. The van der Waals surface area contributed by atoms with Crippen molar-refractivity contribution in [3.05, 3.63) is 63.9 Å². The summed E-state index contributed by atoms with van der Waals surface area (Å²) in [6.45, 7) is 5.03. The molecule has 1 atom stereocenters. The first kappa shape index (κ1) is 29.8. The zero-order valence-electron chi connectivity index (χ0n) is 20.8. The highest BCUT2D eigenvalue weighted by molar-refractivity contribution is 7.90. The fourth-order valence-corrected chi connectivity index (χ4v) is 4.79. The van der Waals surface area contributed by atoms with Crippen LogP contribution in [0.3, 0.4) is 0 Å². The lowest BCUT2D eigenvalue weighted by Crippen LogP contribution is -2.52. The number of carbonyl (C=O) groups is 2. The minimum atomic E-state index is -4.15. The van der Waals surface area contributed by atoms with E-state index in [1.807, 2.05) is 13.8 Å². The third kappa shape index (κ3) is 7.55. The van der Waals surface area contributed by atoms with Crippen LogP contribution in [0.4, 0.5) is 10.1 Å². The van der Waals surface area contributed by atoms with Crippen molar-refractivity contribution in [1.82, 2.24) is 14.5 Å². The Morgan fingerprint density at radius 2 is 1.56 bits per heavy atom. The number of anilines is 1. The first-order valence-electron chi connectivity index (χ1n) is 11.2. The summed E-state index contributed by atoms with van der Waals surface area (Å²) in [5.74, 6) is -1.46. The van der Waals surface area contributed by atoms with Crippen LogP contribution >= 0.6 is 23.2 Å². The summed E-state index contributed by atoms with van der Waals surface area (Å²) in [4.78, 5) is 27.8. The zero-order valence-corrected chi connectivity index (χ0v) is 23.2. The fourth-order valence-electron chi connectivity index (χ4n) is 3.21. The maximum absolute atomic E-state index is 13.6. The Hall–Kier alpha value is -2.40. The van der Waals surface area contributed by atoms with Gasteiger partial charge >= 0.3 is 10.2 Å². The van der Waals surface area contributed by atoms with E-state index in [1.54, 1.807) is 25.1 Å². The van der Waals surface area contributed by atoms with E-state index < -0.39 is 40.4 Å². The molecule has 1 N–H and O–H groups in total. The van der Waals surface area contributed by atoms with Crippen molar-refractivity contribution in [1.29, 1.82) is 0 Å². The summed E-state index contributed by atoms with van der Waals surface area (Å²) in [7, 11) is -1.51. The van der Waals surface area contributed by atoms with Gasteiger partial charge in [0, 0.05) is 42.8 Å². The van der Waals surface area contributed by atoms with E-state index in [9.17, 15) is 22.4 Å². The number of hydrogen-bond donors (Lipinski definition) is 1. The molecule has 2 rings (SSSR count). The molecule has 0 radical (unpaired) electrons. The molecule has 0 spiro atoms. The quantitative estimate of drug-likeness (QED) is 0.450. The van der Waals surface area contributed by atoms with Gasteiger partial charge in [0.05, 0.1) is 5.69 Å². The predicted octanol–water partition coefficient (Wildman–Crippen LogP) is 3.93. The molecule has 0 fully saturated rings. The summed E-state index contributed by atoms with van der Waals surface area (Å²) >= 11 is 12.6. The number of amides is 2. The van der Waals surface area contributed by atoms with Crippen LogP contribution in [0.5, 0.6) is 0 Å². The normalized spacial score (nSPS) is 12.5. The summed E-state index contributed by atoms with van der Waals surface area (Å²) in [5, 5.41) is 3.39. The van der Waals surface area contributed by atoms with Crippen molar-refractivity contribution in [3.63, 3.8) is 0 Å². The van der Waals surface area contributed by atoms with Crippen molar-refractivity contribution in [2.75, 3.05) is 31.5 Å². The van der Waals surface area contributed by atoms with E-state index in [1.165, 1.54) is 31.1 Å². The maximum Gasteiger partial charge on any atom is 0.304 e. The Labute approximate surface area is 222 Å². The largest absolute Gasteiger partial charge is 0.354 e. The van der Waals surface area contributed by atoms with Crippen LogP contribution in [0.2, 0.25) is 10.0 Å². The van der Waals surface area contributed by atoms with Gasteiger partial charge in [-0.3, -0.25) is 9.59 Å². The molecular weight excluding hydrogens is 530 g/mol. The van der Waals surface area contributed by atoms with Crippen molar-refractivity contribution < 1.29 is 22.4 Å². The van der Waals surface area contributed by atoms with E-state index in [-0.39, 0.29) is 18.2 Å². The van der Waals surface area contributed by atoms with Crippen molar-refractivity contribution in [2.45, 2.75) is 33.4 Å². The van der Waals surface area contributed by atoms with Gasteiger partial charge in [0.25, 0.3) is 0 Å². The van der Waals surface area contributed by atoms with Gasteiger partial charge in [-0.1, -0.05) is 43.1 Å². The summed E-state index contributed by atoms with van der Waals surface area (Å²) in [6.07, 6.45) is 0. The predicted molar refractivity (Wildman–Crippen MR) is 141 cm³/mol. The molecule has 8 nitrogen and oxygen atoms in total. The average molecular weight is 562 g/mol. The number of nitrogens with zero attached hydrogens (tertiary/aromatic N) is 3. The second-order valence-electron chi connectivity index (χ2n) is 8.81. The Morgan fingerprint density at radius 3 is 2.06 bits per heavy atom. The van der Waals surface area contributed by atoms with Gasteiger partial charge < -0.3 is 10.2 Å². The lowest BCUT2D eigenvalue weighted by Gasteiger charge is -2.33. The second-order valence-corrected chi connectivity index (χ2v) is 11.7. The van der Waals surface area contributed by atoms with Crippen LogP contribution < -0.4 is 9.62 Å². The Morgan fingerprint density at radius 1 is 1.00 bits per heavy atom. The number of nitrogens with one attached hydrogen (secondary N) is 1. The second kappa shape index (κ2) is 12.7. The number of benzene rings is 2. The van der Waals surface area contributed by atoms with Gasteiger partial charge in [-0.15, -0.1) is 0 Å². The molecule has 0 bridgehead atoms. The van der Waals surface area contributed by atoms with Crippen LogP contribution in [0.25, 0.3) is 0 Å². The van der Waals surface area contributed by atoms with Gasteiger partial charge in [-0.25, -0.2) is 8.70 Å². The molecule has 0 aliphatic carbocycles. The molecule has 0 aliphatic rings. The lowest BCUT2D eigenvalue weighted by molar-refractivity contribution is -0.139. The summed E-state index contributed by atoms with van der Waals surface area (Å²) in [5.41, 5.74) is 0.507. The molecule has 0 heterocycles. The van der Waals surface area contributed by atoms with Gasteiger partial charge in [0.2, 0.25) is 11.8 Å². The van der Waals surface area contributed by atoms with E-state index in [0.717, 1.165) is 20.7 Å². The molecule has 0 aliphatic heterocycles. The van der Waals surface area contributed by atoms with E-state index in [0.29, 0.717) is 22.2 Å². The molecule has 198 valence electrons. The monoisotopic (exact) mass is 560 g/mol. The van der Waals surface area contributed by atoms with Crippen molar-refractivity contribution in [3.8, 4) is 0 Å². The van der Waals surface area contributed by atoms with Crippen molar-refractivity contribution in [2.24, 2.45) is 5.92 Å². The van der Waals surface area contributed by atoms with Gasteiger partial charge in [-0.05, 0) is 49.2 Å². The number of halogens is 3. The highest BCUT2D eigenvalue weighted by Gasteiger charge is 2.33. The third-order valence-corrected chi connectivity index (χ3v) is 7.90. The van der Waals surface area contributed by atoms with Gasteiger partial charge in [0.1, 0.15) is 18.4 Å². The minimum absolute atomic E-state index is 0.0890. The van der Waals surface area contributed by atoms with E-state index in [2.05, 4.69) is 5.32 Å². The molecule has 2 aromatic carbocycles. The zero-order chi connectivity index (χ0) is 27.2. The Bertz CT molecular complexity index is 1160. The molecule has 2 aromatic rings. The summed E-state index contributed by atoms with van der Waals surface area (Å²) < 4.78 is 41.5. The molecule has 36 heavy (non-hydrogen) atoms. The number of hydrogen-bond acceptors (Lipinski definition) is 4. The standard InChI is InChI=1S/C24H31Cl2FN4O4S/c1-16(2)13-28-24(33)17(3)30(14-20-21(25)7-6-8-22(20)26)23(32)15-31(36(34,35)29(4)5)19-11-9-18(27)10-12-19/h6-12,16-17H,13-15H2,1-5H3,(H,28,33)/t17-/m1/s1. The molecule has 0 aromatic heterocycles. The maximum atomic E-state index is 13.6. The Kier molecular flexibility index (Phi) is 10.5. The molecule has 0 saturated carbocycles. The highest BCUT2D eigenvalue weighted by atomic mass is 35.5. The van der Waals surface area contributed by atoms with Gasteiger partial charge in [-0.2, -0.15) is 12.7 Å². The van der Waals surface area contributed by atoms with Crippen LogP contribution in [0, 0.1) is 11.7 Å². The third-order valence-electron chi connectivity index (χ3n) is 5.38. The SMILES string of the molecule is CC(C)CNC(=O)[C@@H](C)N(Cc1c(Cl)cccc1Cl)C(=O)CN(c1ccc(F)cc1)S(=O)(=O)N(C)C.